The van der Waals surface area contributed by atoms with Crippen molar-refractivity contribution < 1.29 is 4.74 Å². The van der Waals surface area contributed by atoms with Crippen molar-refractivity contribution in [2.45, 2.75) is 25.5 Å². The van der Waals surface area contributed by atoms with Crippen LogP contribution >= 0.6 is 11.6 Å². The van der Waals surface area contributed by atoms with E-state index >= 15 is 0 Å². The summed E-state index contributed by atoms with van der Waals surface area (Å²) in [5.74, 6) is 0. The monoisotopic (exact) mass is 246 g/mol. The van der Waals surface area contributed by atoms with Crippen molar-refractivity contribution in [2.75, 3.05) is 6.61 Å². The third kappa shape index (κ3) is 1.85. The zero-order valence-corrected chi connectivity index (χ0v) is 10.2. The predicted molar refractivity (Wildman–Crippen MR) is 69.0 cm³/mol. The van der Waals surface area contributed by atoms with Gasteiger partial charge in [0, 0.05) is 17.0 Å². The summed E-state index contributed by atoms with van der Waals surface area (Å²) in [6.07, 6.45) is 5.09. The van der Waals surface area contributed by atoms with Crippen LogP contribution in [0.3, 0.4) is 0 Å². The Morgan fingerprint density at radius 1 is 1.41 bits per heavy atom. The highest BCUT2D eigenvalue weighted by Crippen LogP contribution is 2.26. The molecule has 5 heteroatoms. The van der Waals surface area contributed by atoms with Crippen LogP contribution in [0.5, 0.6) is 0 Å². The summed E-state index contributed by atoms with van der Waals surface area (Å²) in [4.78, 5) is 0. The average molecular weight is 247 g/mol. The molecule has 86 valence electrons. The second-order valence-electron chi connectivity index (χ2n) is 4.30. The van der Waals surface area contributed by atoms with E-state index in [0.717, 1.165) is 30.4 Å². The molecule has 1 aromatic carbocycles. The molecule has 0 amide bonds. The minimum absolute atomic E-state index is 0.0295. The van der Waals surface area contributed by atoms with Crippen LogP contribution in [0.15, 0.2) is 18.3 Å². The Morgan fingerprint density at radius 2 is 2.29 bits per heavy atom. The third-order valence-electron chi connectivity index (χ3n) is 3.20. The number of fused-ring (bicyclic) bond motifs is 1. The van der Waals surface area contributed by atoms with E-state index in [2.05, 4.69) is 5.10 Å². The van der Waals surface area contributed by atoms with E-state index in [1.807, 2.05) is 10.7 Å². The van der Waals surface area contributed by atoms with E-state index in [4.69, 9.17) is 24.2 Å². The molecular formula is C12H12BClN2O. The molecule has 1 aromatic heterocycles. The van der Waals surface area contributed by atoms with Gasteiger partial charge in [-0.3, -0.25) is 0 Å². The first kappa shape index (κ1) is 11.1. The maximum Gasteiger partial charge on any atom is 0.150 e. The van der Waals surface area contributed by atoms with Crippen molar-refractivity contribution >= 4 is 35.8 Å². The highest BCUT2D eigenvalue weighted by Gasteiger charge is 2.18. The summed E-state index contributed by atoms with van der Waals surface area (Å²) < 4.78 is 7.63. The van der Waals surface area contributed by atoms with Gasteiger partial charge in [-0.15, -0.1) is 0 Å². The maximum atomic E-state index is 5.99. The van der Waals surface area contributed by atoms with Crippen LogP contribution in [-0.4, -0.2) is 24.2 Å². The molecule has 2 aromatic rings. The first-order valence-electron chi connectivity index (χ1n) is 5.80. The molecule has 17 heavy (non-hydrogen) atoms. The lowest BCUT2D eigenvalue weighted by Gasteiger charge is -2.23. The Labute approximate surface area is 106 Å². The van der Waals surface area contributed by atoms with E-state index in [0.29, 0.717) is 10.5 Å². The Kier molecular flexibility index (Phi) is 2.85. The molecule has 1 atom stereocenters. The Hall–Kier alpha value is -0.995. The number of halogens is 1. The van der Waals surface area contributed by atoms with Crippen LogP contribution in [0.25, 0.3) is 10.9 Å². The maximum absolute atomic E-state index is 5.99. The van der Waals surface area contributed by atoms with Crippen LogP contribution in [0, 0.1) is 0 Å². The zero-order chi connectivity index (χ0) is 11.8. The van der Waals surface area contributed by atoms with Gasteiger partial charge in [-0.05, 0) is 31.4 Å². The zero-order valence-electron chi connectivity index (χ0n) is 9.40. The second kappa shape index (κ2) is 4.35. The first-order chi connectivity index (χ1) is 8.27. The molecule has 0 N–H and O–H groups in total. The minimum atomic E-state index is 0.0295. The minimum Gasteiger partial charge on any atom is -0.356 e. The van der Waals surface area contributed by atoms with Crippen molar-refractivity contribution in [3.63, 3.8) is 0 Å². The van der Waals surface area contributed by atoms with Gasteiger partial charge in [0.25, 0.3) is 0 Å². The van der Waals surface area contributed by atoms with Gasteiger partial charge in [0.05, 0.1) is 11.7 Å². The van der Waals surface area contributed by atoms with Crippen LogP contribution in [0.1, 0.15) is 25.5 Å². The summed E-state index contributed by atoms with van der Waals surface area (Å²) in [7, 11) is 5.94. The molecule has 3 nitrogen and oxygen atoms in total. The molecule has 1 fully saturated rings. The predicted octanol–water partition coefficient (Wildman–Crippen LogP) is 2.18. The number of ether oxygens (including phenoxy) is 1. The average Bonchev–Trinajstić information content (AvgIpc) is 2.79. The topological polar surface area (TPSA) is 27.1 Å². The summed E-state index contributed by atoms with van der Waals surface area (Å²) in [5, 5.41) is 5.84. The fraction of sp³-hybridized carbons (Fsp3) is 0.417. The van der Waals surface area contributed by atoms with Gasteiger partial charge in [0.1, 0.15) is 7.85 Å². The molecule has 1 saturated heterocycles. The highest BCUT2D eigenvalue weighted by atomic mass is 35.5. The Balaban J connectivity index is 2.08. The normalized spacial score (nSPS) is 20.9. The van der Waals surface area contributed by atoms with Crippen LogP contribution in [-0.2, 0) is 4.74 Å². The van der Waals surface area contributed by atoms with Crippen molar-refractivity contribution in [1.29, 1.82) is 0 Å². The number of nitrogens with zero attached hydrogens (tertiary/aromatic N) is 2. The van der Waals surface area contributed by atoms with E-state index in [-0.39, 0.29) is 6.23 Å². The van der Waals surface area contributed by atoms with E-state index in [1.54, 1.807) is 12.3 Å². The van der Waals surface area contributed by atoms with Crippen molar-refractivity contribution in [2.24, 2.45) is 0 Å². The van der Waals surface area contributed by atoms with Gasteiger partial charge in [-0.25, -0.2) is 4.68 Å². The van der Waals surface area contributed by atoms with Gasteiger partial charge >= 0.3 is 0 Å². The summed E-state index contributed by atoms with van der Waals surface area (Å²) in [5.41, 5.74) is 1.57. The van der Waals surface area contributed by atoms with Crippen LogP contribution in [0.2, 0.25) is 5.02 Å². The van der Waals surface area contributed by atoms with Crippen molar-refractivity contribution in [3.05, 3.63) is 23.4 Å². The van der Waals surface area contributed by atoms with E-state index < -0.39 is 0 Å². The molecule has 1 aliphatic heterocycles. The molecule has 2 radical (unpaired) electrons. The smallest absolute Gasteiger partial charge is 0.150 e. The lowest BCUT2D eigenvalue weighted by Crippen LogP contribution is -2.19. The quantitative estimate of drug-likeness (QED) is 0.721. The van der Waals surface area contributed by atoms with E-state index in [9.17, 15) is 0 Å². The van der Waals surface area contributed by atoms with Gasteiger partial charge in [-0.1, -0.05) is 17.1 Å². The lowest BCUT2D eigenvalue weighted by atomic mass is 9.92. The van der Waals surface area contributed by atoms with Gasteiger partial charge in [-0.2, -0.15) is 5.10 Å². The number of aromatic nitrogens is 2. The SMILES string of the molecule is [B]c1c(Cl)ccc2c1cnn2C1CCCCO1. The molecule has 1 unspecified atom stereocenters. The van der Waals surface area contributed by atoms with E-state index in [1.165, 1.54) is 6.42 Å². The Bertz CT molecular complexity index is 549. The third-order valence-corrected chi connectivity index (χ3v) is 3.53. The second-order valence-corrected chi connectivity index (χ2v) is 4.71. The number of benzene rings is 1. The largest absolute Gasteiger partial charge is 0.356 e. The molecule has 2 heterocycles. The Morgan fingerprint density at radius 3 is 3.06 bits per heavy atom. The fourth-order valence-electron chi connectivity index (χ4n) is 2.26. The standard InChI is InChI=1S/C12H12BClN2O/c13-12-8-7-15-16(10(8)5-4-9(12)14)11-3-1-2-6-17-11/h4-5,7,11H,1-3,6H2. The summed E-state index contributed by atoms with van der Waals surface area (Å²) >= 11 is 5.99. The number of rotatable bonds is 1. The summed E-state index contributed by atoms with van der Waals surface area (Å²) in [6.45, 7) is 0.801. The van der Waals surface area contributed by atoms with Gasteiger partial charge in [0.2, 0.25) is 0 Å². The summed E-state index contributed by atoms with van der Waals surface area (Å²) in [6, 6.07) is 3.75. The van der Waals surface area contributed by atoms with Gasteiger partial charge in [0.15, 0.2) is 6.23 Å². The molecule has 0 spiro atoms. The molecule has 3 rings (SSSR count). The van der Waals surface area contributed by atoms with Crippen LogP contribution in [0.4, 0.5) is 0 Å². The number of hydrogen-bond acceptors (Lipinski definition) is 2. The molecule has 1 aliphatic rings. The highest BCUT2D eigenvalue weighted by molar-refractivity contribution is 6.49. The van der Waals surface area contributed by atoms with Crippen molar-refractivity contribution in [3.8, 4) is 0 Å². The molecular weight excluding hydrogens is 234 g/mol. The van der Waals surface area contributed by atoms with Gasteiger partial charge < -0.3 is 4.74 Å². The lowest BCUT2D eigenvalue weighted by molar-refractivity contribution is -0.0366. The fourth-order valence-corrected chi connectivity index (χ4v) is 2.43. The molecule has 0 bridgehead atoms. The first-order valence-corrected chi connectivity index (χ1v) is 6.18. The molecule has 0 saturated carbocycles. The van der Waals surface area contributed by atoms with Crippen LogP contribution < -0.4 is 5.46 Å². The van der Waals surface area contributed by atoms with Crippen molar-refractivity contribution in [1.82, 2.24) is 9.78 Å². The number of hydrogen-bond donors (Lipinski definition) is 0. The molecule has 0 aliphatic carbocycles.